The van der Waals surface area contributed by atoms with Gasteiger partial charge in [0.2, 0.25) is 11.8 Å². The lowest BCUT2D eigenvalue weighted by Gasteiger charge is -2.00. The van der Waals surface area contributed by atoms with Gasteiger partial charge in [-0.1, -0.05) is 0 Å². The fourth-order valence-electron chi connectivity index (χ4n) is 0.474. The molecule has 0 N–H and O–H groups in total. The molecule has 60 valence electrons. The Kier molecular flexibility index (Phi) is 2.25. The standard InChI is InChI=1S/C5H3F3N2O/c6-3-1-9-2-4(10-3)11-5(7)8/h1-2,5H. The van der Waals surface area contributed by atoms with Gasteiger partial charge in [0.05, 0.1) is 12.4 Å². The Bertz CT molecular complexity index is 243. The van der Waals surface area contributed by atoms with Crippen LogP contribution in [0.3, 0.4) is 0 Å². The average molecular weight is 164 g/mol. The van der Waals surface area contributed by atoms with Gasteiger partial charge in [0, 0.05) is 0 Å². The maximum Gasteiger partial charge on any atom is 0.388 e. The Labute approximate surface area is 59.8 Å². The number of hydrogen-bond acceptors (Lipinski definition) is 3. The van der Waals surface area contributed by atoms with E-state index in [0.717, 1.165) is 12.4 Å². The van der Waals surface area contributed by atoms with Crippen LogP contribution in [0.15, 0.2) is 12.4 Å². The van der Waals surface area contributed by atoms with E-state index in [2.05, 4.69) is 14.7 Å². The molecule has 1 aromatic rings. The highest BCUT2D eigenvalue weighted by molar-refractivity contribution is 5.01. The molecule has 0 saturated carbocycles. The first kappa shape index (κ1) is 7.77. The molecule has 1 heterocycles. The molecule has 3 nitrogen and oxygen atoms in total. The van der Waals surface area contributed by atoms with Crippen molar-refractivity contribution in [3.05, 3.63) is 18.3 Å². The van der Waals surface area contributed by atoms with Crippen LogP contribution in [0, 0.1) is 5.95 Å². The van der Waals surface area contributed by atoms with Crippen LogP contribution in [-0.4, -0.2) is 16.6 Å². The molecule has 0 spiro atoms. The first-order valence-electron chi connectivity index (χ1n) is 2.61. The zero-order valence-corrected chi connectivity index (χ0v) is 5.17. The van der Waals surface area contributed by atoms with Gasteiger partial charge in [0.15, 0.2) is 0 Å². The molecule has 0 amide bonds. The zero-order valence-electron chi connectivity index (χ0n) is 5.17. The molecule has 0 aliphatic carbocycles. The predicted octanol–water partition coefficient (Wildman–Crippen LogP) is 1.22. The molecule has 0 radical (unpaired) electrons. The van der Waals surface area contributed by atoms with Crippen LogP contribution < -0.4 is 4.74 Å². The summed E-state index contributed by atoms with van der Waals surface area (Å²) in [6.07, 6.45) is 1.69. The van der Waals surface area contributed by atoms with Gasteiger partial charge in [-0.25, -0.2) is 0 Å². The van der Waals surface area contributed by atoms with Gasteiger partial charge in [0.1, 0.15) is 0 Å². The Morgan fingerprint density at radius 1 is 1.36 bits per heavy atom. The topological polar surface area (TPSA) is 35.0 Å². The van der Waals surface area contributed by atoms with Gasteiger partial charge in [0.25, 0.3) is 0 Å². The van der Waals surface area contributed by atoms with Crippen molar-refractivity contribution in [2.75, 3.05) is 0 Å². The van der Waals surface area contributed by atoms with Crippen LogP contribution in [-0.2, 0) is 0 Å². The van der Waals surface area contributed by atoms with E-state index in [9.17, 15) is 13.2 Å². The summed E-state index contributed by atoms with van der Waals surface area (Å²) in [4.78, 5) is 6.22. The van der Waals surface area contributed by atoms with Crippen LogP contribution in [0.25, 0.3) is 0 Å². The predicted molar refractivity (Wildman–Crippen MR) is 28.6 cm³/mol. The average Bonchev–Trinajstić information content (AvgIpc) is 1.85. The normalized spacial score (nSPS) is 10.2. The van der Waals surface area contributed by atoms with Crippen LogP contribution in [0.1, 0.15) is 0 Å². The third-order valence-corrected chi connectivity index (χ3v) is 0.793. The van der Waals surface area contributed by atoms with Gasteiger partial charge in [-0.2, -0.15) is 18.2 Å². The molecule has 0 bridgehead atoms. The van der Waals surface area contributed by atoms with E-state index < -0.39 is 18.4 Å². The molecule has 0 atom stereocenters. The summed E-state index contributed by atoms with van der Waals surface area (Å²) >= 11 is 0. The molecule has 6 heteroatoms. The molecule has 0 aliphatic rings. The van der Waals surface area contributed by atoms with E-state index in [4.69, 9.17) is 0 Å². The van der Waals surface area contributed by atoms with Gasteiger partial charge in [-0.15, -0.1) is 0 Å². The van der Waals surface area contributed by atoms with Crippen molar-refractivity contribution in [2.45, 2.75) is 6.61 Å². The highest BCUT2D eigenvalue weighted by Gasteiger charge is 2.05. The Morgan fingerprint density at radius 3 is 2.64 bits per heavy atom. The summed E-state index contributed by atoms with van der Waals surface area (Å²) in [5.74, 6) is -1.48. The number of hydrogen-bond donors (Lipinski definition) is 0. The SMILES string of the molecule is Fc1cncc(OC(F)F)n1. The van der Waals surface area contributed by atoms with Gasteiger partial charge in [-0.05, 0) is 0 Å². The molecule has 0 saturated heterocycles. The second-order valence-corrected chi connectivity index (χ2v) is 1.56. The van der Waals surface area contributed by atoms with Crippen LogP contribution >= 0.6 is 0 Å². The number of aromatic nitrogens is 2. The minimum Gasteiger partial charge on any atom is -0.415 e. The van der Waals surface area contributed by atoms with Gasteiger partial charge < -0.3 is 4.74 Å². The molecule has 11 heavy (non-hydrogen) atoms. The number of nitrogens with zero attached hydrogens (tertiary/aromatic N) is 2. The molecule has 0 unspecified atom stereocenters. The summed E-state index contributed by atoms with van der Waals surface area (Å²) in [6, 6.07) is 0. The Morgan fingerprint density at radius 2 is 2.09 bits per heavy atom. The summed E-state index contributed by atoms with van der Waals surface area (Å²) < 4.78 is 38.7. The largest absolute Gasteiger partial charge is 0.415 e. The van der Waals surface area contributed by atoms with E-state index in [1.807, 2.05) is 0 Å². The van der Waals surface area contributed by atoms with Crippen molar-refractivity contribution >= 4 is 0 Å². The van der Waals surface area contributed by atoms with Crippen LogP contribution in [0.2, 0.25) is 0 Å². The fourth-order valence-corrected chi connectivity index (χ4v) is 0.474. The molecular weight excluding hydrogens is 161 g/mol. The smallest absolute Gasteiger partial charge is 0.388 e. The second kappa shape index (κ2) is 3.18. The van der Waals surface area contributed by atoms with Crippen molar-refractivity contribution in [1.29, 1.82) is 0 Å². The van der Waals surface area contributed by atoms with Crippen molar-refractivity contribution < 1.29 is 17.9 Å². The molecular formula is C5H3F3N2O. The Balaban J connectivity index is 2.71. The molecule has 0 aromatic carbocycles. The number of rotatable bonds is 2. The highest BCUT2D eigenvalue weighted by atomic mass is 19.3. The molecule has 1 rings (SSSR count). The van der Waals surface area contributed by atoms with E-state index >= 15 is 0 Å². The summed E-state index contributed by atoms with van der Waals surface area (Å²) in [5, 5.41) is 0. The molecule has 1 aromatic heterocycles. The van der Waals surface area contributed by atoms with Crippen molar-refractivity contribution in [3.63, 3.8) is 0 Å². The van der Waals surface area contributed by atoms with Gasteiger partial charge in [-0.3, -0.25) is 4.98 Å². The van der Waals surface area contributed by atoms with E-state index in [1.54, 1.807) is 0 Å². The third-order valence-electron chi connectivity index (χ3n) is 0.793. The Hall–Kier alpha value is -1.33. The first-order valence-corrected chi connectivity index (χ1v) is 2.61. The lowest BCUT2D eigenvalue weighted by molar-refractivity contribution is -0.0535. The minimum absolute atomic E-state index is 0.528. The minimum atomic E-state index is -3.01. The lowest BCUT2D eigenvalue weighted by atomic mass is 10.7. The van der Waals surface area contributed by atoms with E-state index in [0.29, 0.717) is 0 Å². The first-order chi connectivity index (χ1) is 5.18. The lowest BCUT2D eigenvalue weighted by Crippen LogP contribution is -2.04. The number of halogens is 3. The maximum atomic E-state index is 12.1. The molecule has 0 aliphatic heterocycles. The van der Waals surface area contributed by atoms with Gasteiger partial charge >= 0.3 is 6.61 Å². The van der Waals surface area contributed by atoms with Crippen molar-refractivity contribution in [1.82, 2.24) is 9.97 Å². The summed E-state index contributed by atoms with van der Waals surface area (Å²) in [5.41, 5.74) is 0. The monoisotopic (exact) mass is 164 g/mol. The number of ether oxygens (including phenoxy) is 1. The summed E-state index contributed by atoms with van der Waals surface area (Å²) in [6.45, 7) is -3.01. The highest BCUT2D eigenvalue weighted by Crippen LogP contribution is 2.07. The van der Waals surface area contributed by atoms with Crippen LogP contribution in [0.5, 0.6) is 5.88 Å². The zero-order chi connectivity index (χ0) is 8.27. The number of alkyl halides is 2. The van der Waals surface area contributed by atoms with E-state index in [1.165, 1.54) is 0 Å². The maximum absolute atomic E-state index is 12.1. The van der Waals surface area contributed by atoms with E-state index in [-0.39, 0.29) is 0 Å². The fraction of sp³-hybridized carbons (Fsp3) is 0.200. The molecule has 0 fully saturated rings. The summed E-state index contributed by atoms with van der Waals surface area (Å²) in [7, 11) is 0. The quantitative estimate of drug-likeness (QED) is 0.659. The van der Waals surface area contributed by atoms with Crippen molar-refractivity contribution in [3.8, 4) is 5.88 Å². The second-order valence-electron chi connectivity index (χ2n) is 1.56. The van der Waals surface area contributed by atoms with Crippen LogP contribution in [0.4, 0.5) is 13.2 Å². The van der Waals surface area contributed by atoms with Crippen molar-refractivity contribution in [2.24, 2.45) is 0 Å². The third kappa shape index (κ3) is 2.40.